The van der Waals surface area contributed by atoms with Crippen molar-refractivity contribution in [2.24, 2.45) is 0 Å². The topological polar surface area (TPSA) is 139 Å². The van der Waals surface area contributed by atoms with Gasteiger partial charge in [0.25, 0.3) is 5.91 Å². The molecule has 0 aliphatic carbocycles. The quantitative estimate of drug-likeness (QED) is 0.0907. The molecule has 294 valence electrons. The summed E-state index contributed by atoms with van der Waals surface area (Å²) in [7, 11) is -4.07. The van der Waals surface area contributed by atoms with Crippen LogP contribution < -0.4 is 14.8 Å². The number of nitrogens with one attached hydrogen (secondary N) is 1. The predicted molar refractivity (Wildman–Crippen MR) is 219 cm³/mol. The maximum atomic E-state index is 13.8. The Labute approximate surface area is 333 Å². The van der Waals surface area contributed by atoms with Gasteiger partial charge in [0, 0.05) is 18.2 Å². The second-order valence-electron chi connectivity index (χ2n) is 13.7. The molecule has 1 amide bonds. The number of rotatable bonds is 17. The van der Waals surface area contributed by atoms with Gasteiger partial charge in [-0.1, -0.05) is 134 Å². The van der Waals surface area contributed by atoms with E-state index >= 15 is 0 Å². The molecule has 12 heteroatoms. The smallest absolute Gasteiger partial charge is 0.328 e. The van der Waals surface area contributed by atoms with Gasteiger partial charge in [0.2, 0.25) is 0 Å². The summed E-state index contributed by atoms with van der Waals surface area (Å²) in [4.78, 5) is 26.8. The summed E-state index contributed by atoms with van der Waals surface area (Å²) in [6.45, 7) is 8.50. The maximum absolute atomic E-state index is 13.8. The number of carbonyl (C=O) groups excluding carboxylic acids is 2. The Bertz CT molecular complexity index is 2380. The minimum atomic E-state index is -4.07. The van der Waals surface area contributed by atoms with Gasteiger partial charge in [0.1, 0.15) is 36.1 Å². The van der Waals surface area contributed by atoms with E-state index < -0.39 is 27.0 Å². The second-order valence-corrected chi connectivity index (χ2v) is 15.8. The Balaban J connectivity index is 1.47. The number of esters is 1. The van der Waals surface area contributed by atoms with Crippen LogP contribution in [-0.2, 0) is 38.3 Å². The van der Waals surface area contributed by atoms with Crippen molar-refractivity contribution in [3.05, 3.63) is 161 Å². The van der Waals surface area contributed by atoms with Gasteiger partial charge in [-0.3, -0.25) is 9.59 Å². The number of ether oxygens (including phenoxy) is 3. The molecule has 1 N–H and O–H groups in total. The number of hydrogen-bond acceptors (Lipinski definition) is 9. The van der Waals surface area contributed by atoms with Crippen molar-refractivity contribution < 1.29 is 32.2 Å². The van der Waals surface area contributed by atoms with Gasteiger partial charge in [0.15, 0.2) is 20.8 Å². The van der Waals surface area contributed by atoms with Crippen molar-refractivity contribution in [2.75, 3.05) is 13.2 Å². The third-order valence-corrected chi connectivity index (χ3v) is 11.1. The Kier molecular flexibility index (Phi) is 13.2. The van der Waals surface area contributed by atoms with Crippen molar-refractivity contribution in [1.29, 1.82) is 0 Å². The zero-order chi connectivity index (χ0) is 40.4. The normalized spacial score (nSPS) is 11.9. The Morgan fingerprint density at radius 1 is 0.737 bits per heavy atom. The summed E-state index contributed by atoms with van der Waals surface area (Å²) in [5.74, 6) is -0.581. The number of carbonyl (C=O) groups is 2. The van der Waals surface area contributed by atoms with E-state index in [1.807, 2.05) is 72.8 Å². The van der Waals surface area contributed by atoms with E-state index in [1.165, 1.54) is 0 Å². The first-order valence-corrected chi connectivity index (χ1v) is 20.6. The van der Waals surface area contributed by atoms with Crippen molar-refractivity contribution in [3.63, 3.8) is 0 Å². The number of aromatic nitrogens is 3. The van der Waals surface area contributed by atoms with Crippen LogP contribution in [0.5, 0.6) is 11.5 Å². The molecular formula is C45H46N4O7S. The molecular weight excluding hydrogens is 741 g/mol. The fraction of sp³-hybridized carbons (Fsp3) is 0.244. The molecule has 0 saturated heterocycles. The van der Waals surface area contributed by atoms with Gasteiger partial charge in [-0.15, -0.1) is 5.10 Å². The molecule has 57 heavy (non-hydrogen) atoms. The van der Waals surface area contributed by atoms with E-state index in [2.05, 4.69) is 29.5 Å². The standard InChI is InChI=1S/C45H46N4O7S/c1-5-46-44(50)41-42(35-22-24-36(25-23-35)43(45(51)54-6-2)57(52,53)30-34-20-14-9-15-21-34)49(48-47-41)38-26-37(31(3)4)39(55-28-32-16-10-7-11-17-32)27-40(38)56-29-33-18-12-8-13-19-33/h7-27,31,43H,5-6,28-30H2,1-4H3,(H,46,50). The molecule has 0 radical (unpaired) electrons. The first-order valence-electron chi connectivity index (χ1n) is 18.9. The SMILES string of the molecule is CCNC(=O)c1nnn(-c2cc(C(C)C)c(OCc3ccccc3)cc2OCc2ccccc2)c1-c1ccc(C(C(=O)OCC)S(=O)(=O)Cc2ccccc2)cc1. The van der Waals surface area contributed by atoms with Crippen LogP contribution >= 0.6 is 0 Å². The fourth-order valence-corrected chi connectivity index (χ4v) is 8.17. The van der Waals surface area contributed by atoms with Crippen LogP contribution in [0.15, 0.2) is 127 Å². The summed E-state index contributed by atoms with van der Waals surface area (Å²) in [5, 5.41) is 10.1. The van der Waals surface area contributed by atoms with Crippen molar-refractivity contribution in [3.8, 4) is 28.4 Å². The minimum Gasteiger partial charge on any atom is -0.488 e. The molecule has 6 aromatic rings. The van der Waals surface area contributed by atoms with E-state index in [0.29, 0.717) is 47.2 Å². The molecule has 1 heterocycles. The Morgan fingerprint density at radius 2 is 1.30 bits per heavy atom. The van der Waals surface area contributed by atoms with Crippen LogP contribution in [0.1, 0.15) is 77.2 Å². The summed E-state index contributed by atoms with van der Waals surface area (Å²) in [6, 6.07) is 38.5. The molecule has 1 aromatic heterocycles. The number of hydrogen-bond donors (Lipinski definition) is 1. The van der Waals surface area contributed by atoms with Crippen molar-refractivity contribution >= 4 is 21.7 Å². The first kappa shape index (κ1) is 40.4. The van der Waals surface area contributed by atoms with Crippen LogP contribution in [0.25, 0.3) is 16.9 Å². The van der Waals surface area contributed by atoms with Gasteiger partial charge < -0.3 is 19.5 Å². The van der Waals surface area contributed by atoms with E-state index in [4.69, 9.17) is 14.2 Å². The molecule has 0 spiro atoms. The first-order chi connectivity index (χ1) is 27.6. The Hall–Kier alpha value is -6.27. The molecule has 0 aliphatic rings. The van der Waals surface area contributed by atoms with Gasteiger partial charge in [-0.05, 0) is 53.6 Å². The van der Waals surface area contributed by atoms with Gasteiger partial charge in [0.05, 0.1) is 12.4 Å². The Morgan fingerprint density at radius 3 is 1.84 bits per heavy atom. The third-order valence-electron chi connectivity index (χ3n) is 9.20. The lowest BCUT2D eigenvalue weighted by molar-refractivity contribution is -0.142. The lowest BCUT2D eigenvalue weighted by Gasteiger charge is -2.21. The van der Waals surface area contributed by atoms with E-state index in [-0.39, 0.29) is 36.1 Å². The lowest BCUT2D eigenvalue weighted by atomic mass is 10.00. The van der Waals surface area contributed by atoms with E-state index in [1.54, 1.807) is 73.1 Å². The van der Waals surface area contributed by atoms with Crippen LogP contribution in [0, 0.1) is 0 Å². The molecule has 1 unspecified atom stereocenters. The predicted octanol–water partition coefficient (Wildman–Crippen LogP) is 8.18. The average molecular weight is 787 g/mol. The summed E-state index contributed by atoms with van der Waals surface area (Å²) < 4.78 is 47.4. The molecule has 1 atom stereocenters. The van der Waals surface area contributed by atoms with Crippen molar-refractivity contribution in [1.82, 2.24) is 20.3 Å². The van der Waals surface area contributed by atoms with Gasteiger partial charge in [-0.2, -0.15) is 0 Å². The molecule has 11 nitrogen and oxygen atoms in total. The highest BCUT2D eigenvalue weighted by Crippen LogP contribution is 2.39. The second kappa shape index (κ2) is 18.6. The highest BCUT2D eigenvalue weighted by atomic mass is 32.2. The zero-order valence-corrected chi connectivity index (χ0v) is 33.2. The highest BCUT2D eigenvalue weighted by molar-refractivity contribution is 7.91. The van der Waals surface area contributed by atoms with Crippen LogP contribution in [-0.4, -0.2) is 48.4 Å². The summed E-state index contributed by atoms with van der Waals surface area (Å²) in [5.41, 5.74) is 5.00. The molecule has 0 bridgehead atoms. The number of benzene rings is 5. The highest BCUT2D eigenvalue weighted by Gasteiger charge is 2.36. The van der Waals surface area contributed by atoms with Gasteiger partial charge in [-0.25, -0.2) is 13.1 Å². The van der Waals surface area contributed by atoms with Crippen LogP contribution in [0.4, 0.5) is 0 Å². The molecule has 0 aliphatic heterocycles. The van der Waals surface area contributed by atoms with Crippen LogP contribution in [0.2, 0.25) is 0 Å². The monoisotopic (exact) mass is 786 g/mol. The largest absolute Gasteiger partial charge is 0.488 e. The third kappa shape index (κ3) is 9.76. The number of amides is 1. The average Bonchev–Trinajstić information content (AvgIpc) is 3.66. The summed E-state index contributed by atoms with van der Waals surface area (Å²) in [6.07, 6.45) is 0. The number of nitrogens with zero attached hydrogens (tertiary/aromatic N) is 3. The van der Waals surface area contributed by atoms with Crippen LogP contribution in [0.3, 0.4) is 0 Å². The molecule has 0 fully saturated rings. The lowest BCUT2D eigenvalue weighted by Crippen LogP contribution is -2.26. The fourth-order valence-electron chi connectivity index (χ4n) is 6.41. The maximum Gasteiger partial charge on any atom is 0.328 e. The number of sulfone groups is 1. The summed E-state index contributed by atoms with van der Waals surface area (Å²) >= 11 is 0. The minimum absolute atomic E-state index is 0.0121. The van der Waals surface area contributed by atoms with E-state index in [9.17, 15) is 18.0 Å². The molecule has 6 rings (SSSR count). The molecule has 5 aromatic carbocycles. The van der Waals surface area contributed by atoms with Crippen molar-refractivity contribution in [2.45, 2.75) is 57.8 Å². The zero-order valence-electron chi connectivity index (χ0n) is 32.4. The molecule has 0 saturated carbocycles. The van der Waals surface area contributed by atoms with Gasteiger partial charge >= 0.3 is 5.97 Å². The van der Waals surface area contributed by atoms with E-state index in [0.717, 1.165) is 16.7 Å².